The van der Waals surface area contributed by atoms with Crippen molar-refractivity contribution in [3.05, 3.63) is 0 Å². The predicted octanol–water partition coefficient (Wildman–Crippen LogP) is 3.71. The molecule has 5 nitrogen and oxygen atoms in total. The number of Topliss-reactive ketones (excluding diaryl/α,β-unsaturated/α-hetero) is 2. The van der Waals surface area contributed by atoms with E-state index >= 15 is 0 Å². The fourth-order valence-corrected chi connectivity index (χ4v) is 7.26. The van der Waals surface area contributed by atoms with Crippen LogP contribution in [0.1, 0.15) is 72.1 Å². The zero-order valence-electron chi connectivity index (χ0n) is 17.9. The third-order valence-electron chi connectivity index (χ3n) is 9.16. The van der Waals surface area contributed by atoms with Crippen molar-refractivity contribution in [2.75, 3.05) is 6.54 Å². The van der Waals surface area contributed by atoms with Crippen LogP contribution in [-0.2, 0) is 19.1 Å². The van der Waals surface area contributed by atoms with Crippen LogP contribution in [0.5, 0.6) is 0 Å². The zero-order valence-corrected chi connectivity index (χ0v) is 18.8. The monoisotopic (exact) mass is 425 g/mol. The molecule has 2 N–H and O–H groups in total. The Bertz CT molecular complexity index is 696. The van der Waals surface area contributed by atoms with Crippen molar-refractivity contribution in [1.29, 1.82) is 0 Å². The van der Waals surface area contributed by atoms with Crippen LogP contribution < -0.4 is 5.73 Å². The van der Waals surface area contributed by atoms with Gasteiger partial charge in [0.1, 0.15) is 17.7 Å². The summed E-state index contributed by atoms with van der Waals surface area (Å²) in [7, 11) is 0. The number of fused-ring (bicyclic) bond motifs is 5. The molecule has 0 aromatic heterocycles. The van der Waals surface area contributed by atoms with E-state index in [1.807, 2.05) is 0 Å². The molecule has 29 heavy (non-hydrogen) atoms. The SMILES string of the molecule is CC(CN)C(=O)O[C@H]1CC[C@@]2(C)C(C1)C(=O)C[C@@H]1[C@@H]2CC[C@]2(C)C(=O)CC[C@@H]12.Cl. The van der Waals surface area contributed by atoms with E-state index in [4.69, 9.17) is 10.5 Å². The van der Waals surface area contributed by atoms with E-state index in [0.29, 0.717) is 48.6 Å². The maximum Gasteiger partial charge on any atom is 0.310 e. The molecule has 0 spiro atoms. The number of ether oxygens (including phenoxy) is 1. The minimum absolute atomic E-state index is 0. The fraction of sp³-hybridized carbons (Fsp3) is 0.870. The molecule has 4 saturated carbocycles. The van der Waals surface area contributed by atoms with Crippen LogP contribution in [0.2, 0.25) is 0 Å². The molecule has 6 heteroatoms. The summed E-state index contributed by atoms with van der Waals surface area (Å²) >= 11 is 0. The molecule has 0 amide bonds. The average Bonchev–Trinajstić information content (AvgIpc) is 2.97. The van der Waals surface area contributed by atoms with Crippen molar-refractivity contribution >= 4 is 29.9 Å². The van der Waals surface area contributed by atoms with Crippen LogP contribution in [0.25, 0.3) is 0 Å². The number of nitrogens with two attached hydrogens (primary N) is 1. The molecule has 0 aliphatic heterocycles. The highest BCUT2D eigenvalue weighted by atomic mass is 35.5. The summed E-state index contributed by atoms with van der Waals surface area (Å²) in [4.78, 5) is 37.9. The van der Waals surface area contributed by atoms with E-state index in [1.54, 1.807) is 6.92 Å². The Labute approximate surface area is 180 Å². The van der Waals surface area contributed by atoms with Gasteiger partial charge in [0.15, 0.2) is 0 Å². The largest absolute Gasteiger partial charge is 0.462 e. The second kappa shape index (κ2) is 7.96. The van der Waals surface area contributed by atoms with Crippen LogP contribution in [0.15, 0.2) is 0 Å². The first-order chi connectivity index (χ1) is 13.2. The van der Waals surface area contributed by atoms with Crippen molar-refractivity contribution in [1.82, 2.24) is 0 Å². The molecule has 164 valence electrons. The Hall–Kier alpha value is -0.940. The Balaban J connectivity index is 0.00000240. The summed E-state index contributed by atoms with van der Waals surface area (Å²) in [5.74, 6) is 1.44. The second-order valence-corrected chi connectivity index (χ2v) is 10.5. The van der Waals surface area contributed by atoms with Gasteiger partial charge in [0.05, 0.1) is 5.92 Å². The summed E-state index contributed by atoms with van der Waals surface area (Å²) in [6.07, 6.45) is 6.53. The molecule has 2 unspecified atom stereocenters. The summed E-state index contributed by atoms with van der Waals surface area (Å²) in [5.41, 5.74) is 5.37. The molecule has 0 heterocycles. The van der Waals surface area contributed by atoms with Gasteiger partial charge in [-0.05, 0) is 61.7 Å². The lowest BCUT2D eigenvalue weighted by Crippen LogP contribution is -2.57. The first kappa shape index (κ1) is 22.7. The maximum absolute atomic E-state index is 13.2. The number of esters is 1. The van der Waals surface area contributed by atoms with Gasteiger partial charge >= 0.3 is 5.97 Å². The normalized spacial score (nSPS) is 44.8. The minimum atomic E-state index is -0.296. The van der Waals surface area contributed by atoms with Gasteiger partial charge in [-0.15, -0.1) is 12.4 Å². The molecule has 0 radical (unpaired) electrons. The van der Waals surface area contributed by atoms with Crippen molar-refractivity contribution in [2.45, 2.75) is 78.2 Å². The van der Waals surface area contributed by atoms with Crippen LogP contribution in [0.4, 0.5) is 0 Å². The highest BCUT2D eigenvalue weighted by Gasteiger charge is 2.62. The number of hydrogen-bond donors (Lipinski definition) is 1. The summed E-state index contributed by atoms with van der Waals surface area (Å²) in [5, 5.41) is 0. The predicted molar refractivity (Wildman–Crippen MR) is 112 cm³/mol. The van der Waals surface area contributed by atoms with E-state index in [9.17, 15) is 14.4 Å². The van der Waals surface area contributed by atoms with Gasteiger partial charge in [0.25, 0.3) is 0 Å². The van der Waals surface area contributed by atoms with Crippen LogP contribution in [0, 0.1) is 40.4 Å². The van der Waals surface area contributed by atoms with Gasteiger partial charge in [0.2, 0.25) is 0 Å². The molecule has 4 aliphatic carbocycles. The van der Waals surface area contributed by atoms with Crippen molar-refractivity contribution in [3.63, 3.8) is 0 Å². The molecule has 0 saturated heterocycles. The van der Waals surface area contributed by atoms with Gasteiger partial charge in [-0.25, -0.2) is 0 Å². The number of carbonyl (C=O) groups excluding carboxylic acids is 3. The third kappa shape index (κ3) is 3.46. The van der Waals surface area contributed by atoms with Gasteiger partial charge in [-0.3, -0.25) is 14.4 Å². The molecule has 0 bridgehead atoms. The van der Waals surface area contributed by atoms with Gasteiger partial charge < -0.3 is 10.5 Å². The molecular formula is C23H36ClNO4. The Kier molecular flexibility index (Phi) is 6.24. The highest BCUT2D eigenvalue weighted by Crippen LogP contribution is 2.64. The molecule has 0 aromatic rings. The lowest BCUT2D eigenvalue weighted by molar-refractivity contribution is -0.171. The second-order valence-electron chi connectivity index (χ2n) is 10.5. The Morgan fingerprint density at radius 2 is 1.90 bits per heavy atom. The van der Waals surface area contributed by atoms with Crippen molar-refractivity contribution in [3.8, 4) is 0 Å². The topological polar surface area (TPSA) is 86.5 Å². The minimum Gasteiger partial charge on any atom is -0.462 e. The summed E-state index contributed by atoms with van der Waals surface area (Å²) < 4.78 is 5.71. The number of halogens is 1. The number of ketones is 2. The first-order valence-electron chi connectivity index (χ1n) is 11.2. The molecule has 4 fully saturated rings. The molecule has 4 rings (SSSR count). The van der Waals surface area contributed by atoms with Crippen LogP contribution in [0.3, 0.4) is 0 Å². The summed E-state index contributed by atoms with van der Waals surface area (Å²) in [6.45, 7) is 6.52. The molecule has 0 aromatic carbocycles. The van der Waals surface area contributed by atoms with E-state index < -0.39 is 0 Å². The zero-order chi connectivity index (χ0) is 20.3. The highest BCUT2D eigenvalue weighted by molar-refractivity contribution is 5.88. The fourth-order valence-electron chi connectivity index (χ4n) is 7.26. The van der Waals surface area contributed by atoms with Crippen LogP contribution in [-0.4, -0.2) is 30.2 Å². The van der Waals surface area contributed by atoms with E-state index in [2.05, 4.69) is 13.8 Å². The number of rotatable bonds is 3. The van der Waals surface area contributed by atoms with Crippen molar-refractivity contribution in [2.24, 2.45) is 46.2 Å². The standard InChI is InChI=1S/C23H35NO4.ClH/c1-13(12-24)21(27)28-14-6-8-22(2)17-7-9-23(3)16(4-5-20(23)26)15(17)11-19(25)18(22)10-14;/h13-18H,4-12,24H2,1-3H3;1H/t13?,14-,15-,16-,17-,18?,22+,23-;/m0./s1. The van der Waals surface area contributed by atoms with E-state index in [1.165, 1.54) is 0 Å². The van der Waals surface area contributed by atoms with E-state index in [0.717, 1.165) is 32.1 Å². The molecule has 4 aliphatic rings. The number of hydrogen-bond acceptors (Lipinski definition) is 5. The molecule has 8 atom stereocenters. The van der Waals surface area contributed by atoms with Crippen LogP contribution >= 0.6 is 12.4 Å². The Morgan fingerprint density at radius 1 is 1.17 bits per heavy atom. The lowest BCUT2D eigenvalue weighted by Gasteiger charge is -2.59. The summed E-state index contributed by atoms with van der Waals surface area (Å²) in [6, 6.07) is 0. The Morgan fingerprint density at radius 3 is 2.59 bits per heavy atom. The van der Waals surface area contributed by atoms with E-state index in [-0.39, 0.29) is 53.7 Å². The quantitative estimate of drug-likeness (QED) is 0.696. The van der Waals surface area contributed by atoms with Gasteiger partial charge in [-0.1, -0.05) is 20.8 Å². The lowest BCUT2D eigenvalue weighted by atomic mass is 9.45. The average molecular weight is 426 g/mol. The van der Waals surface area contributed by atoms with Gasteiger partial charge in [-0.2, -0.15) is 0 Å². The maximum atomic E-state index is 13.2. The first-order valence-corrected chi connectivity index (χ1v) is 11.2. The smallest absolute Gasteiger partial charge is 0.310 e. The van der Waals surface area contributed by atoms with Gasteiger partial charge in [0, 0.05) is 30.7 Å². The molecular weight excluding hydrogens is 390 g/mol. The third-order valence-corrected chi connectivity index (χ3v) is 9.16. The number of carbonyl (C=O) groups is 3. The van der Waals surface area contributed by atoms with Crippen molar-refractivity contribution < 1.29 is 19.1 Å².